The molecule has 120 valence electrons. The number of rotatable bonds is 3. The number of piperazine rings is 1. The molecule has 22 heavy (non-hydrogen) atoms. The van der Waals surface area contributed by atoms with Crippen LogP contribution >= 0.6 is 0 Å². The summed E-state index contributed by atoms with van der Waals surface area (Å²) in [5, 5.41) is 9.92. The third-order valence-electron chi connectivity index (χ3n) is 4.32. The molecule has 1 aromatic carbocycles. The van der Waals surface area contributed by atoms with Gasteiger partial charge in [-0.2, -0.15) is 0 Å². The Morgan fingerprint density at radius 2 is 1.73 bits per heavy atom. The van der Waals surface area contributed by atoms with Gasteiger partial charge in [-0.05, 0) is 12.1 Å². The van der Waals surface area contributed by atoms with Gasteiger partial charge >= 0.3 is 0 Å². The Morgan fingerprint density at radius 3 is 2.41 bits per heavy atom. The minimum absolute atomic E-state index is 0.194. The number of ether oxygens (including phenoxy) is 1. The van der Waals surface area contributed by atoms with Gasteiger partial charge in [-0.3, -0.25) is 9.69 Å². The fourth-order valence-corrected chi connectivity index (χ4v) is 2.98. The summed E-state index contributed by atoms with van der Waals surface area (Å²) in [6.07, 6.45) is 0. The standard InChI is InChI=1S/C16H23N3O3/c20-15-4-2-1-3-14(15)18-7-5-17(6-8-18)13-16(21)19-9-11-22-12-10-19/h1-4,20H,5-13H2. The number of phenolic OH excluding ortho intramolecular Hbond substituents is 1. The monoisotopic (exact) mass is 305 g/mol. The van der Waals surface area contributed by atoms with E-state index in [1.807, 2.05) is 23.1 Å². The number of carbonyl (C=O) groups excluding carboxylic acids is 1. The van der Waals surface area contributed by atoms with E-state index in [4.69, 9.17) is 4.74 Å². The highest BCUT2D eigenvalue weighted by molar-refractivity contribution is 5.78. The maximum absolute atomic E-state index is 12.2. The maximum Gasteiger partial charge on any atom is 0.236 e. The number of para-hydroxylation sites is 2. The fraction of sp³-hybridized carbons (Fsp3) is 0.562. The lowest BCUT2D eigenvalue weighted by Crippen LogP contribution is -2.51. The summed E-state index contributed by atoms with van der Waals surface area (Å²) in [4.78, 5) is 18.5. The molecule has 6 nitrogen and oxygen atoms in total. The molecule has 2 aliphatic rings. The van der Waals surface area contributed by atoms with Gasteiger partial charge < -0.3 is 19.6 Å². The van der Waals surface area contributed by atoms with E-state index in [2.05, 4.69) is 9.80 Å². The van der Waals surface area contributed by atoms with Crippen LogP contribution in [0.1, 0.15) is 0 Å². The van der Waals surface area contributed by atoms with Gasteiger partial charge in [0, 0.05) is 39.3 Å². The zero-order valence-corrected chi connectivity index (χ0v) is 12.8. The number of benzene rings is 1. The van der Waals surface area contributed by atoms with Crippen LogP contribution in [0.4, 0.5) is 5.69 Å². The molecule has 1 N–H and O–H groups in total. The second-order valence-electron chi connectivity index (χ2n) is 5.75. The number of phenols is 1. The first kappa shape index (κ1) is 15.1. The van der Waals surface area contributed by atoms with Crippen LogP contribution in [-0.4, -0.2) is 79.8 Å². The molecule has 0 unspecified atom stereocenters. The lowest BCUT2D eigenvalue weighted by Gasteiger charge is -2.37. The molecule has 3 rings (SSSR count). The SMILES string of the molecule is O=C(CN1CCN(c2ccccc2O)CC1)N1CCOCC1. The van der Waals surface area contributed by atoms with Crippen LogP contribution < -0.4 is 4.90 Å². The van der Waals surface area contributed by atoms with Crippen LogP contribution in [0.3, 0.4) is 0 Å². The van der Waals surface area contributed by atoms with E-state index >= 15 is 0 Å². The number of aromatic hydroxyl groups is 1. The van der Waals surface area contributed by atoms with E-state index in [0.29, 0.717) is 38.6 Å². The Bertz CT molecular complexity index is 509. The van der Waals surface area contributed by atoms with E-state index < -0.39 is 0 Å². The Labute approximate surface area is 130 Å². The molecule has 2 saturated heterocycles. The summed E-state index contributed by atoms with van der Waals surface area (Å²) in [5.41, 5.74) is 0.877. The summed E-state index contributed by atoms with van der Waals surface area (Å²) < 4.78 is 5.28. The van der Waals surface area contributed by atoms with Gasteiger partial charge in [0.2, 0.25) is 5.91 Å². The first-order valence-electron chi connectivity index (χ1n) is 7.85. The number of nitrogens with zero attached hydrogens (tertiary/aromatic N) is 3. The Kier molecular flexibility index (Phi) is 4.80. The first-order chi connectivity index (χ1) is 10.7. The van der Waals surface area contributed by atoms with Gasteiger partial charge in [0.05, 0.1) is 25.4 Å². The smallest absolute Gasteiger partial charge is 0.236 e. The molecule has 0 saturated carbocycles. The van der Waals surface area contributed by atoms with Gasteiger partial charge in [0.15, 0.2) is 0 Å². The van der Waals surface area contributed by atoms with Crippen molar-refractivity contribution < 1.29 is 14.6 Å². The van der Waals surface area contributed by atoms with Gasteiger partial charge in [0.25, 0.3) is 0 Å². The van der Waals surface area contributed by atoms with Crippen molar-refractivity contribution in [1.29, 1.82) is 0 Å². The van der Waals surface area contributed by atoms with Crippen LogP contribution in [0, 0.1) is 0 Å². The van der Waals surface area contributed by atoms with E-state index in [0.717, 1.165) is 31.9 Å². The molecule has 0 spiro atoms. The van der Waals surface area contributed by atoms with Crippen LogP contribution in [0.25, 0.3) is 0 Å². The molecule has 0 aliphatic carbocycles. The molecule has 0 radical (unpaired) electrons. The minimum Gasteiger partial charge on any atom is -0.506 e. The second-order valence-corrected chi connectivity index (χ2v) is 5.75. The van der Waals surface area contributed by atoms with Crippen LogP contribution in [0.5, 0.6) is 5.75 Å². The maximum atomic E-state index is 12.2. The van der Waals surface area contributed by atoms with Crippen molar-refractivity contribution in [2.75, 3.05) is 63.9 Å². The zero-order valence-electron chi connectivity index (χ0n) is 12.8. The summed E-state index contributed by atoms with van der Waals surface area (Å²) in [6, 6.07) is 7.41. The van der Waals surface area contributed by atoms with E-state index in [1.165, 1.54) is 0 Å². The molecule has 2 heterocycles. The summed E-state index contributed by atoms with van der Waals surface area (Å²) in [7, 11) is 0. The van der Waals surface area contributed by atoms with Gasteiger partial charge in [-0.1, -0.05) is 12.1 Å². The molecule has 1 aromatic rings. The summed E-state index contributed by atoms with van der Waals surface area (Å²) >= 11 is 0. The first-order valence-corrected chi connectivity index (χ1v) is 7.85. The normalized spacial score (nSPS) is 20.2. The van der Waals surface area contributed by atoms with Crippen molar-refractivity contribution in [2.45, 2.75) is 0 Å². The topological polar surface area (TPSA) is 56.2 Å². The molecule has 0 bridgehead atoms. The molecule has 6 heteroatoms. The molecule has 2 aliphatic heterocycles. The van der Waals surface area contributed by atoms with Crippen molar-refractivity contribution in [2.24, 2.45) is 0 Å². The van der Waals surface area contributed by atoms with E-state index in [-0.39, 0.29) is 5.91 Å². The van der Waals surface area contributed by atoms with Gasteiger partial charge in [-0.15, -0.1) is 0 Å². The van der Waals surface area contributed by atoms with Crippen molar-refractivity contribution in [3.63, 3.8) is 0 Å². The third kappa shape index (κ3) is 3.51. The van der Waals surface area contributed by atoms with Crippen LogP contribution in [0.15, 0.2) is 24.3 Å². The van der Waals surface area contributed by atoms with Crippen molar-refractivity contribution in [3.8, 4) is 5.75 Å². The van der Waals surface area contributed by atoms with Crippen LogP contribution in [0.2, 0.25) is 0 Å². The lowest BCUT2D eigenvalue weighted by atomic mass is 10.2. The number of hydrogen-bond acceptors (Lipinski definition) is 5. The number of amides is 1. The van der Waals surface area contributed by atoms with Gasteiger partial charge in [-0.25, -0.2) is 0 Å². The third-order valence-corrected chi connectivity index (χ3v) is 4.32. The number of morpholine rings is 1. The quantitative estimate of drug-likeness (QED) is 0.874. The van der Waals surface area contributed by atoms with E-state index in [9.17, 15) is 9.90 Å². The van der Waals surface area contributed by atoms with Crippen molar-refractivity contribution in [3.05, 3.63) is 24.3 Å². The number of hydrogen-bond donors (Lipinski definition) is 1. The van der Waals surface area contributed by atoms with Gasteiger partial charge in [0.1, 0.15) is 5.75 Å². The lowest BCUT2D eigenvalue weighted by molar-refractivity contribution is -0.136. The Morgan fingerprint density at radius 1 is 1.05 bits per heavy atom. The van der Waals surface area contributed by atoms with Crippen LogP contribution in [-0.2, 0) is 9.53 Å². The van der Waals surface area contributed by atoms with Crippen molar-refractivity contribution >= 4 is 11.6 Å². The Hall–Kier alpha value is -1.79. The van der Waals surface area contributed by atoms with E-state index in [1.54, 1.807) is 6.07 Å². The molecular formula is C16H23N3O3. The highest BCUT2D eigenvalue weighted by Crippen LogP contribution is 2.27. The number of anilines is 1. The highest BCUT2D eigenvalue weighted by Gasteiger charge is 2.23. The molecule has 0 aromatic heterocycles. The minimum atomic E-state index is 0.194. The predicted molar refractivity (Wildman–Crippen MR) is 84.2 cm³/mol. The molecular weight excluding hydrogens is 282 g/mol. The Balaban J connectivity index is 1.49. The summed E-state index contributed by atoms with van der Waals surface area (Å²) in [5.74, 6) is 0.514. The largest absolute Gasteiger partial charge is 0.506 e. The second kappa shape index (κ2) is 6.98. The molecule has 2 fully saturated rings. The average molecular weight is 305 g/mol. The molecule has 0 atom stereocenters. The summed E-state index contributed by atoms with van der Waals surface area (Å²) in [6.45, 7) is 6.51. The molecule has 1 amide bonds. The van der Waals surface area contributed by atoms with Crippen molar-refractivity contribution in [1.82, 2.24) is 9.80 Å². The zero-order chi connectivity index (χ0) is 15.4. The fourth-order valence-electron chi connectivity index (χ4n) is 2.98. The number of carbonyl (C=O) groups is 1. The highest BCUT2D eigenvalue weighted by atomic mass is 16.5. The average Bonchev–Trinajstić information content (AvgIpc) is 2.57. The predicted octanol–water partition coefficient (Wildman–Crippen LogP) is 0.373.